The molecule has 152 valence electrons. The Morgan fingerprint density at radius 3 is 2.39 bits per heavy atom. The molecule has 1 unspecified atom stereocenters. The number of hydrogen-bond acceptors (Lipinski definition) is 5. The Balaban J connectivity index is 1.63. The van der Waals surface area contributed by atoms with Gasteiger partial charge in [0.2, 0.25) is 11.8 Å². The number of carbonyl (C=O) groups is 3. The van der Waals surface area contributed by atoms with E-state index >= 15 is 0 Å². The summed E-state index contributed by atoms with van der Waals surface area (Å²) in [6, 6.07) is 6.05. The number of rotatable bonds is 2. The Kier molecular flexibility index (Phi) is 5.63. The summed E-state index contributed by atoms with van der Waals surface area (Å²) in [5.41, 5.74) is 2.66. The van der Waals surface area contributed by atoms with Crippen LogP contribution in [0.2, 0.25) is 0 Å². The lowest BCUT2D eigenvalue weighted by Gasteiger charge is -2.37. The summed E-state index contributed by atoms with van der Waals surface area (Å²) < 4.78 is 5.45. The predicted molar refractivity (Wildman–Crippen MR) is 106 cm³/mol. The Morgan fingerprint density at radius 2 is 1.82 bits per heavy atom. The van der Waals surface area contributed by atoms with Crippen molar-refractivity contribution >= 4 is 23.6 Å². The van der Waals surface area contributed by atoms with Crippen molar-refractivity contribution in [1.82, 2.24) is 10.2 Å². The molecular formula is C21H29N3O4. The van der Waals surface area contributed by atoms with Crippen LogP contribution in [-0.2, 0) is 14.3 Å². The maximum atomic E-state index is 12.2. The Labute approximate surface area is 166 Å². The molecule has 28 heavy (non-hydrogen) atoms. The van der Waals surface area contributed by atoms with E-state index < -0.39 is 5.60 Å². The molecule has 1 aromatic rings. The zero-order valence-electron chi connectivity index (χ0n) is 17.1. The number of amides is 3. The van der Waals surface area contributed by atoms with E-state index in [9.17, 15) is 14.4 Å². The highest BCUT2D eigenvalue weighted by molar-refractivity contribution is 6.01. The highest BCUT2D eigenvalue weighted by Crippen LogP contribution is 2.30. The van der Waals surface area contributed by atoms with Gasteiger partial charge in [-0.2, -0.15) is 0 Å². The summed E-state index contributed by atoms with van der Waals surface area (Å²) in [5, 5.41) is 2.42. The van der Waals surface area contributed by atoms with Gasteiger partial charge in [-0.1, -0.05) is 12.1 Å². The Morgan fingerprint density at radius 1 is 1.14 bits per heavy atom. The van der Waals surface area contributed by atoms with E-state index in [-0.39, 0.29) is 23.8 Å². The van der Waals surface area contributed by atoms with E-state index in [0.29, 0.717) is 25.9 Å². The fourth-order valence-corrected chi connectivity index (χ4v) is 3.72. The van der Waals surface area contributed by atoms with E-state index in [1.807, 2.05) is 45.9 Å². The lowest BCUT2D eigenvalue weighted by molar-refractivity contribution is -0.134. The number of piperazine rings is 1. The van der Waals surface area contributed by atoms with E-state index in [0.717, 1.165) is 29.9 Å². The average Bonchev–Trinajstić information content (AvgIpc) is 2.60. The van der Waals surface area contributed by atoms with Crippen molar-refractivity contribution in [2.24, 2.45) is 0 Å². The van der Waals surface area contributed by atoms with Crippen molar-refractivity contribution in [1.29, 1.82) is 0 Å². The van der Waals surface area contributed by atoms with Crippen molar-refractivity contribution in [3.8, 4) is 0 Å². The second-order valence-electron chi connectivity index (χ2n) is 8.50. The fourth-order valence-electron chi connectivity index (χ4n) is 3.72. The minimum Gasteiger partial charge on any atom is -0.444 e. The van der Waals surface area contributed by atoms with Crippen molar-refractivity contribution in [3.63, 3.8) is 0 Å². The summed E-state index contributed by atoms with van der Waals surface area (Å²) in [6.45, 7) is 10.3. The molecule has 7 nitrogen and oxygen atoms in total. The average molecular weight is 387 g/mol. The van der Waals surface area contributed by atoms with Gasteiger partial charge < -0.3 is 14.5 Å². The molecular weight excluding hydrogens is 358 g/mol. The zero-order chi connectivity index (χ0) is 20.5. The number of ether oxygens (including phenoxy) is 1. The predicted octanol–water partition coefficient (Wildman–Crippen LogP) is 2.57. The number of piperidine rings is 1. The third-order valence-electron chi connectivity index (χ3n) is 5.13. The number of carbonyl (C=O) groups excluding carboxylic acids is 3. The number of aryl methyl sites for hydroxylation is 1. The first-order valence-corrected chi connectivity index (χ1v) is 9.81. The first-order valence-electron chi connectivity index (χ1n) is 9.81. The molecule has 0 bridgehead atoms. The zero-order valence-corrected chi connectivity index (χ0v) is 17.1. The minimum absolute atomic E-state index is 0.197. The largest absolute Gasteiger partial charge is 0.444 e. The van der Waals surface area contributed by atoms with Gasteiger partial charge in [0.1, 0.15) is 5.60 Å². The van der Waals surface area contributed by atoms with Crippen LogP contribution in [0.1, 0.15) is 50.7 Å². The Hall–Kier alpha value is -2.57. The summed E-state index contributed by atoms with van der Waals surface area (Å²) in [7, 11) is 0. The van der Waals surface area contributed by atoms with Crippen LogP contribution in [0.15, 0.2) is 18.2 Å². The second kappa shape index (κ2) is 7.81. The minimum atomic E-state index is -0.489. The number of benzene rings is 1. The van der Waals surface area contributed by atoms with Crippen LogP contribution in [0, 0.1) is 6.92 Å². The van der Waals surface area contributed by atoms with Gasteiger partial charge in [-0.15, -0.1) is 0 Å². The van der Waals surface area contributed by atoms with Gasteiger partial charge >= 0.3 is 6.09 Å². The molecule has 2 aliphatic heterocycles. The number of imide groups is 1. The lowest BCUT2D eigenvalue weighted by Crippen LogP contribution is -2.50. The maximum Gasteiger partial charge on any atom is 0.410 e. The molecule has 0 saturated carbocycles. The lowest BCUT2D eigenvalue weighted by atomic mass is 9.89. The summed E-state index contributed by atoms with van der Waals surface area (Å²) >= 11 is 0. The highest BCUT2D eigenvalue weighted by Gasteiger charge is 2.29. The molecule has 1 aromatic carbocycles. The first-order chi connectivity index (χ1) is 13.1. The molecule has 2 heterocycles. The molecule has 0 aromatic heterocycles. The molecule has 0 aliphatic carbocycles. The topological polar surface area (TPSA) is 79.0 Å². The van der Waals surface area contributed by atoms with Gasteiger partial charge in [0, 0.05) is 38.3 Å². The highest BCUT2D eigenvalue weighted by atomic mass is 16.6. The quantitative estimate of drug-likeness (QED) is 0.789. The van der Waals surface area contributed by atoms with E-state index in [1.54, 1.807) is 4.90 Å². The number of nitrogens with one attached hydrogen (secondary N) is 1. The van der Waals surface area contributed by atoms with Crippen LogP contribution in [0.25, 0.3) is 0 Å². The van der Waals surface area contributed by atoms with Crippen LogP contribution in [0.5, 0.6) is 0 Å². The number of hydrogen-bond donors (Lipinski definition) is 1. The smallest absolute Gasteiger partial charge is 0.410 e. The summed E-state index contributed by atoms with van der Waals surface area (Å²) in [6.07, 6.45) is 0.666. The van der Waals surface area contributed by atoms with Gasteiger partial charge in [0.15, 0.2) is 0 Å². The van der Waals surface area contributed by atoms with Crippen molar-refractivity contribution < 1.29 is 19.1 Å². The Bertz CT molecular complexity index is 776. The van der Waals surface area contributed by atoms with E-state index in [1.165, 1.54) is 0 Å². The molecule has 2 aliphatic rings. The van der Waals surface area contributed by atoms with Gasteiger partial charge in [-0.05, 0) is 51.3 Å². The third-order valence-corrected chi connectivity index (χ3v) is 5.13. The van der Waals surface area contributed by atoms with Gasteiger partial charge in [0.25, 0.3) is 0 Å². The van der Waals surface area contributed by atoms with Crippen molar-refractivity contribution in [2.45, 2.75) is 52.1 Å². The molecule has 1 N–H and O–H groups in total. The van der Waals surface area contributed by atoms with Gasteiger partial charge in [-0.25, -0.2) is 4.79 Å². The molecule has 2 saturated heterocycles. The normalized spacial score (nSPS) is 20.8. The van der Waals surface area contributed by atoms with Crippen LogP contribution < -0.4 is 10.2 Å². The standard InChI is InChI=1S/C21H29N3O4/c1-14-13-15(16-6-8-18(25)22-19(16)26)5-7-17(14)23-9-11-24(12-10-23)20(27)28-21(2,3)4/h5,7,13,16H,6,8-12H2,1-4H3,(H,22,25,26). The molecule has 1 atom stereocenters. The van der Waals surface area contributed by atoms with Gasteiger partial charge in [0.05, 0.1) is 5.92 Å². The van der Waals surface area contributed by atoms with Crippen molar-refractivity contribution in [2.75, 3.05) is 31.1 Å². The molecule has 0 spiro atoms. The number of anilines is 1. The van der Waals surface area contributed by atoms with E-state index in [2.05, 4.69) is 10.2 Å². The summed E-state index contributed by atoms with van der Waals surface area (Å²) in [4.78, 5) is 39.7. The second-order valence-corrected chi connectivity index (χ2v) is 8.50. The molecule has 3 rings (SSSR count). The number of nitrogens with zero attached hydrogens (tertiary/aromatic N) is 2. The van der Waals surface area contributed by atoms with Gasteiger partial charge in [-0.3, -0.25) is 14.9 Å². The monoisotopic (exact) mass is 387 g/mol. The summed E-state index contributed by atoms with van der Waals surface area (Å²) in [5.74, 6) is -0.679. The van der Waals surface area contributed by atoms with Crippen molar-refractivity contribution in [3.05, 3.63) is 29.3 Å². The molecule has 0 radical (unpaired) electrons. The SMILES string of the molecule is Cc1cc(C2CCC(=O)NC2=O)ccc1N1CCN(C(=O)OC(C)(C)C)CC1. The van der Waals surface area contributed by atoms with Crippen LogP contribution in [0.4, 0.5) is 10.5 Å². The maximum absolute atomic E-state index is 12.2. The third kappa shape index (κ3) is 4.64. The molecule has 2 fully saturated rings. The molecule has 3 amide bonds. The van der Waals surface area contributed by atoms with Crippen LogP contribution in [0.3, 0.4) is 0 Å². The van der Waals surface area contributed by atoms with Crippen LogP contribution in [-0.4, -0.2) is 54.6 Å². The van der Waals surface area contributed by atoms with E-state index in [4.69, 9.17) is 4.74 Å². The fraction of sp³-hybridized carbons (Fsp3) is 0.571. The van der Waals surface area contributed by atoms with Crippen LogP contribution >= 0.6 is 0 Å². The molecule has 7 heteroatoms. The first kappa shape index (κ1) is 20.2.